The fourth-order valence-corrected chi connectivity index (χ4v) is 4.66. The lowest BCUT2D eigenvalue weighted by atomic mass is 10.3. The molecule has 88 valence electrons. The molecule has 1 aromatic heterocycles. The second-order valence-corrected chi connectivity index (χ2v) is 7.55. The Morgan fingerprint density at radius 2 is 2.31 bits per heavy atom. The Bertz CT molecular complexity index is 499. The van der Waals surface area contributed by atoms with Crippen LogP contribution in [0.1, 0.15) is 17.7 Å². The quantitative estimate of drug-likeness (QED) is 0.669. The Hall–Kier alpha value is -0.350. The molecule has 0 unspecified atom stereocenters. The average molecular weight is 322 g/mol. The van der Waals surface area contributed by atoms with Crippen LogP contribution in [0.4, 0.5) is 0 Å². The van der Waals surface area contributed by atoms with Gasteiger partial charge in [0.25, 0.3) is 0 Å². The van der Waals surface area contributed by atoms with Crippen LogP contribution >= 0.6 is 27.3 Å². The van der Waals surface area contributed by atoms with Gasteiger partial charge in [0, 0.05) is 17.8 Å². The van der Waals surface area contributed by atoms with Crippen molar-refractivity contribution in [2.75, 3.05) is 6.54 Å². The first-order chi connectivity index (χ1) is 7.47. The average Bonchev–Trinajstić information content (AvgIpc) is 2.53. The van der Waals surface area contributed by atoms with Gasteiger partial charge in [-0.25, -0.2) is 13.1 Å². The summed E-state index contributed by atoms with van der Waals surface area (Å²) in [4.78, 5) is 1.11. The van der Waals surface area contributed by atoms with Gasteiger partial charge in [-0.05, 0) is 35.3 Å². The molecule has 6 heteroatoms. The number of rotatable bonds is 5. The summed E-state index contributed by atoms with van der Waals surface area (Å²) in [6, 6.07) is 1.61. The fraction of sp³-hybridized carbons (Fsp3) is 0.400. The van der Waals surface area contributed by atoms with E-state index in [2.05, 4.69) is 26.6 Å². The Morgan fingerprint density at radius 3 is 2.81 bits per heavy atom. The number of unbranched alkanes of at least 4 members (excludes halogenated alkanes) is 1. The first-order valence-electron chi connectivity index (χ1n) is 4.66. The van der Waals surface area contributed by atoms with Gasteiger partial charge in [-0.2, -0.15) is 0 Å². The van der Waals surface area contributed by atoms with Crippen LogP contribution in [0.2, 0.25) is 0 Å². The van der Waals surface area contributed by atoms with Crippen LogP contribution < -0.4 is 4.72 Å². The molecule has 0 radical (unpaired) electrons. The van der Waals surface area contributed by atoms with E-state index in [9.17, 15) is 8.42 Å². The minimum Gasteiger partial charge on any atom is -0.211 e. The number of hydrogen-bond acceptors (Lipinski definition) is 3. The van der Waals surface area contributed by atoms with Gasteiger partial charge < -0.3 is 0 Å². The summed E-state index contributed by atoms with van der Waals surface area (Å²) in [7, 11) is -3.39. The largest absolute Gasteiger partial charge is 0.241 e. The second-order valence-electron chi connectivity index (χ2n) is 3.18. The highest BCUT2D eigenvalue weighted by Gasteiger charge is 2.18. The van der Waals surface area contributed by atoms with Crippen molar-refractivity contribution in [3.8, 4) is 12.3 Å². The van der Waals surface area contributed by atoms with E-state index in [0.29, 0.717) is 24.3 Å². The van der Waals surface area contributed by atoms with Gasteiger partial charge in [0.15, 0.2) is 0 Å². The number of terminal acetylenes is 1. The molecule has 0 atom stereocenters. The molecule has 0 amide bonds. The molecule has 0 spiro atoms. The van der Waals surface area contributed by atoms with Gasteiger partial charge in [0.1, 0.15) is 0 Å². The maximum Gasteiger partial charge on any atom is 0.241 e. The van der Waals surface area contributed by atoms with Crippen molar-refractivity contribution in [1.29, 1.82) is 0 Å². The molecule has 0 aromatic carbocycles. The molecule has 1 rings (SSSR count). The zero-order valence-electron chi connectivity index (χ0n) is 8.79. The van der Waals surface area contributed by atoms with Crippen molar-refractivity contribution < 1.29 is 8.42 Å². The summed E-state index contributed by atoms with van der Waals surface area (Å²) in [6.45, 7) is 2.16. The van der Waals surface area contributed by atoms with E-state index >= 15 is 0 Å². The van der Waals surface area contributed by atoms with Crippen molar-refractivity contribution in [1.82, 2.24) is 4.72 Å². The van der Waals surface area contributed by atoms with E-state index in [4.69, 9.17) is 6.42 Å². The summed E-state index contributed by atoms with van der Waals surface area (Å²) in [5, 5.41) is 0. The molecule has 0 aliphatic carbocycles. The molecule has 1 heterocycles. The first kappa shape index (κ1) is 13.7. The number of halogens is 1. The maximum atomic E-state index is 11.9. The van der Waals surface area contributed by atoms with Crippen LogP contribution in [0, 0.1) is 19.3 Å². The summed E-state index contributed by atoms with van der Waals surface area (Å²) in [6.07, 6.45) is 6.32. The molecule has 16 heavy (non-hydrogen) atoms. The van der Waals surface area contributed by atoms with Crippen LogP contribution in [-0.2, 0) is 10.0 Å². The maximum absolute atomic E-state index is 11.9. The van der Waals surface area contributed by atoms with E-state index in [-0.39, 0.29) is 0 Å². The molecule has 0 aliphatic heterocycles. The molecule has 0 bridgehead atoms. The Balaban J connectivity index is 2.72. The molecule has 0 aliphatic rings. The molecular formula is C10H12BrNO2S2. The SMILES string of the molecule is C#CCCCNS(=O)(=O)c1cc(Br)sc1C. The van der Waals surface area contributed by atoms with Crippen molar-refractivity contribution in [2.45, 2.75) is 24.7 Å². The van der Waals surface area contributed by atoms with Crippen LogP contribution in [0.3, 0.4) is 0 Å². The molecule has 0 saturated heterocycles. The minimum atomic E-state index is -3.39. The number of sulfonamides is 1. The zero-order valence-corrected chi connectivity index (χ0v) is 12.0. The van der Waals surface area contributed by atoms with Crippen LogP contribution in [0.15, 0.2) is 14.7 Å². The predicted molar refractivity (Wildman–Crippen MR) is 70.0 cm³/mol. The highest BCUT2D eigenvalue weighted by molar-refractivity contribution is 9.11. The van der Waals surface area contributed by atoms with Crippen molar-refractivity contribution in [3.05, 3.63) is 14.7 Å². The highest BCUT2D eigenvalue weighted by Crippen LogP contribution is 2.29. The standard InChI is InChI=1S/C10H12BrNO2S2/c1-3-4-5-6-12-16(13,14)9-7-10(11)15-8(9)2/h1,7,12H,4-6H2,2H3. The zero-order chi connectivity index (χ0) is 12.2. The minimum absolute atomic E-state index is 0.338. The van der Waals surface area contributed by atoms with Crippen molar-refractivity contribution >= 4 is 37.3 Å². The number of thiophene rings is 1. The van der Waals surface area contributed by atoms with E-state index in [1.165, 1.54) is 11.3 Å². The van der Waals surface area contributed by atoms with E-state index in [1.807, 2.05) is 0 Å². The third-order valence-corrected chi connectivity index (χ3v) is 5.19. The fourth-order valence-electron chi connectivity index (χ4n) is 1.17. The van der Waals surface area contributed by atoms with E-state index in [0.717, 1.165) is 8.66 Å². The third kappa shape index (κ3) is 3.59. The third-order valence-electron chi connectivity index (χ3n) is 1.92. The summed E-state index contributed by atoms with van der Waals surface area (Å²) < 4.78 is 27.0. The Kier molecular flexibility index (Phi) is 4.99. The second kappa shape index (κ2) is 5.82. The smallest absolute Gasteiger partial charge is 0.211 e. The highest BCUT2D eigenvalue weighted by atomic mass is 79.9. The summed E-state index contributed by atoms with van der Waals surface area (Å²) in [5.41, 5.74) is 0. The van der Waals surface area contributed by atoms with Gasteiger partial charge in [-0.3, -0.25) is 0 Å². The molecule has 0 fully saturated rings. The van der Waals surface area contributed by atoms with Crippen LogP contribution in [-0.4, -0.2) is 15.0 Å². The topological polar surface area (TPSA) is 46.2 Å². The van der Waals surface area contributed by atoms with Gasteiger partial charge in [0.2, 0.25) is 10.0 Å². The number of nitrogens with one attached hydrogen (secondary N) is 1. The Labute approximate surface area is 108 Å². The summed E-state index contributed by atoms with van der Waals surface area (Å²) >= 11 is 4.67. The Morgan fingerprint density at radius 1 is 1.62 bits per heavy atom. The lowest BCUT2D eigenvalue weighted by Crippen LogP contribution is -2.24. The monoisotopic (exact) mass is 321 g/mol. The van der Waals surface area contributed by atoms with Gasteiger partial charge in [0.05, 0.1) is 8.68 Å². The molecule has 1 N–H and O–H groups in total. The first-order valence-corrected chi connectivity index (χ1v) is 7.75. The van der Waals surface area contributed by atoms with Crippen LogP contribution in [0.5, 0.6) is 0 Å². The number of aryl methyl sites for hydroxylation is 1. The normalized spacial score (nSPS) is 11.3. The number of hydrogen-bond donors (Lipinski definition) is 1. The molecule has 3 nitrogen and oxygen atoms in total. The lowest BCUT2D eigenvalue weighted by Gasteiger charge is -2.04. The molecule has 0 saturated carbocycles. The van der Waals surface area contributed by atoms with Gasteiger partial charge in [-0.1, -0.05) is 0 Å². The van der Waals surface area contributed by atoms with E-state index < -0.39 is 10.0 Å². The summed E-state index contributed by atoms with van der Waals surface area (Å²) in [5.74, 6) is 2.47. The van der Waals surface area contributed by atoms with Crippen molar-refractivity contribution in [3.63, 3.8) is 0 Å². The van der Waals surface area contributed by atoms with E-state index in [1.54, 1.807) is 13.0 Å². The lowest BCUT2D eigenvalue weighted by molar-refractivity contribution is 0.579. The molecule has 1 aromatic rings. The van der Waals surface area contributed by atoms with Crippen LogP contribution in [0.25, 0.3) is 0 Å². The predicted octanol–water partition coefficient (Wildman–Crippen LogP) is 2.51. The van der Waals surface area contributed by atoms with Gasteiger partial charge in [-0.15, -0.1) is 23.7 Å². The van der Waals surface area contributed by atoms with Crippen molar-refractivity contribution in [2.24, 2.45) is 0 Å². The molecular weight excluding hydrogens is 310 g/mol. The van der Waals surface area contributed by atoms with Gasteiger partial charge >= 0.3 is 0 Å².